The average molecular weight is 412 g/mol. The lowest BCUT2D eigenvalue weighted by Crippen LogP contribution is -2.65. The summed E-state index contributed by atoms with van der Waals surface area (Å²) in [5, 5.41) is 19.8. The van der Waals surface area contributed by atoms with E-state index in [9.17, 15) is 23.5 Å². The molecule has 4 aliphatic rings. The van der Waals surface area contributed by atoms with Gasteiger partial charge < -0.3 is 9.84 Å². The maximum atomic E-state index is 13.8. The van der Waals surface area contributed by atoms with Crippen LogP contribution in [0, 0.1) is 45.8 Å². The lowest BCUT2D eigenvalue weighted by atomic mass is 9.43. The fourth-order valence-corrected chi connectivity index (χ4v) is 8.00. The van der Waals surface area contributed by atoms with Crippen LogP contribution >= 0.6 is 0 Å². The minimum Gasteiger partial charge on any atom is -0.378 e. The van der Waals surface area contributed by atoms with Crippen LogP contribution in [0.25, 0.3) is 0 Å². The summed E-state index contributed by atoms with van der Waals surface area (Å²) in [4.78, 5) is 0. The zero-order valence-corrected chi connectivity index (χ0v) is 17.6. The van der Waals surface area contributed by atoms with E-state index in [4.69, 9.17) is 4.74 Å². The summed E-state index contributed by atoms with van der Waals surface area (Å²) >= 11 is 0. The maximum Gasteiger partial charge on any atom is 0.419 e. The van der Waals surface area contributed by atoms with Gasteiger partial charge in [0, 0.05) is 13.2 Å². The number of nitrogens with zero attached hydrogens (tertiary/aromatic N) is 1. The number of fused-ring (bicyclic) bond motifs is 5. The molecule has 0 amide bonds. The molecule has 4 rings (SSSR count). The number of allylic oxidation sites excluding steroid dienone is 2. The summed E-state index contributed by atoms with van der Waals surface area (Å²) in [5.41, 5.74) is -1.68. The van der Waals surface area contributed by atoms with Crippen LogP contribution in [0.5, 0.6) is 0 Å². The molecule has 0 unspecified atom stereocenters. The second kappa shape index (κ2) is 6.72. The van der Waals surface area contributed by atoms with Crippen LogP contribution in [0.2, 0.25) is 0 Å². The topological polar surface area (TPSA) is 53.2 Å². The van der Waals surface area contributed by atoms with Gasteiger partial charge in [-0.3, -0.25) is 0 Å². The van der Waals surface area contributed by atoms with Crippen molar-refractivity contribution in [2.24, 2.45) is 34.5 Å². The SMILES string of the molecule is CO[C@H]1C[C@@]2(C)[C@@H](CC[C@@H]3[C@@H]2CC[C@]2(C)/C(=C\C#N)CC[C@@H]32)C[C@@]1(O)C(F)(F)F. The van der Waals surface area contributed by atoms with Crippen LogP contribution in [0.15, 0.2) is 11.6 Å². The van der Waals surface area contributed by atoms with Gasteiger partial charge >= 0.3 is 6.18 Å². The van der Waals surface area contributed by atoms with Gasteiger partial charge in [0.05, 0.1) is 12.2 Å². The Morgan fingerprint density at radius 3 is 2.48 bits per heavy atom. The first kappa shape index (κ1) is 21.2. The van der Waals surface area contributed by atoms with Crippen molar-refractivity contribution in [1.29, 1.82) is 5.26 Å². The minimum absolute atomic E-state index is 0.0577. The Bertz CT molecular complexity index is 743. The third kappa shape index (κ3) is 2.83. The predicted octanol–water partition coefficient (Wildman–Crippen LogP) is 5.40. The van der Waals surface area contributed by atoms with Crippen molar-refractivity contribution in [3.05, 3.63) is 11.6 Å². The largest absolute Gasteiger partial charge is 0.419 e. The van der Waals surface area contributed by atoms with Gasteiger partial charge in [0.15, 0.2) is 5.60 Å². The Hall–Kier alpha value is -1.06. The quantitative estimate of drug-likeness (QED) is 0.588. The zero-order valence-electron chi connectivity index (χ0n) is 17.6. The van der Waals surface area contributed by atoms with Crippen molar-refractivity contribution in [3.8, 4) is 6.07 Å². The van der Waals surface area contributed by atoms with E-state index in [0.29, 0.717) is 17.8 Å². The number of ether oxygens (including phenoxy) is 1. The fourth-order valence-electron chi connectivity index (χ4n) is 8.00. The summed E-state index contributed by atoms with van der Waals surface area (Å²) < 4.78 is 46.5. The van der Waals surface area contributed by atoms with E-state index in [1.165, 1.54) is 12.7 Å². The standard InChI is InChI=1S/C23H32F3NO2/c1-20-10-8-18-16(17(20)7-5-14(20)9-11-27)6-4-15-12-22(28,23(24,25)26)19(29-3)13-21(15,18)2/h9,15-19,28H,4-8,10,12-13H2,1-3H3/b14-9-/t15-,16-,17-,18-,19-,20+,21-,22-/m0/s1. The molecule has 1 N–H and O–H groups in total. The molecule has 3 nitrogen and oxygen atoms in total. The lowest BCUT2D eigenvalue weighted by Gasteiger charge is -2.62. The molecule has 4 fully saturated rings. The van der Waals surface area contributed by atoms with E-state index >= 15 is 0 Å². The molecule has 0 bridgehead atoms. The number of rotatable bonds is 1. The third-order valence-electron chi connectivity index (χ3n) is 9.64. The van der Waals surface area contributed by atoms with Crippen molar-refractivity contribution < 1.29 is 23.0 Å². The molecule has 0 radical (unpaired) electrons. The summed E-state index contributed by atoms with van der Waals surface area (Å²) in [6.07, 6.45) is 1.52. The molecule has 0 saturated heterocycles. The first-order valence-electron chi connectivity index (χ1n) is 10.9. The van der Waals surface area contributed by atoms with Gasteiger partial charge in [0.25, 0.3) is 0 Å². The molecule has 162 valence electrons. The van der Waals surface area contributed by atoms with Gasteiger partial charge in [0.2, 0.25) is 0 Å². The van der Waals surface area contributed by atoms with Gasteiger partial charge in [-0.15, -0.1) is 0 Å². The van der Waals surface area contributed by atoms with E-state index < -0.39 is 17.9 Å². The van der Waals surface area contributed by atoms with Crippen LogP contribution in [0.3, 0.4) is 0 Å². The normalized spacial score (nSPS) is 51.1. The van der Waals surface area contributed by atoms with E-state index in [1.807, 2.05) is 0 Å². The number of hydrogen-bond donors (Lipinski definition) is 1. The smallest absolute Gasteiger partial charge is 0.378 e. The first-order valence-corrected chi connectivity index (χ1v) is 10.9. The summed E-state index contributed by atoms with van der Waals surface area (Å²) in [6.45, 7) is 4.44. The number of halogens is 3. The first-order chi connectivity index (χ1) is 13.5. The van der Waals surface area contributed by atoms with Gasteiger partial charge in [-0.2, -0.15) is 18.4 Å². The molecule has 0 aromatic carbocycles. The van der Waals surface area contributed by atoms with Gasteiger partial charge in [-0.25, -0.2) is 0 Å². The monoisotopic (exact) mass is 411 g/mol. The summed E-state index contributed by atoms with van der Waals surface area (Å²) in [5.74, 6) is 1.20. The highest BCUT2D eigenvalue weighted by atomic mass is 19.4. The van der Waals surface area contributed by atoms with Crippen LogP contribution in [-0.4, -0.2) is 30.1 Å². The van der Waals surface area contributed by atoms with Crippen molar-refractivity contribution in [2.75, 3.05) is 7.11 Å². The number of alkyl halides is 3. The van der Waals surface area contributed by atoms with Crippen molar-refractivity contribution in [3.63, 3.8) is 0 Å². The molecular formula is C23H32F3NO2. The van der Waals surface area contributed by atoms with Crippen LogP contribution in [0.4, 0.5) is 13.2 Å². The van der Waals surface area contributed by atoms with Crippen LogP contribution < -0.4 is 0 Å². The van der Waals surface area contributed by atoms with E-state index in [0.717, 1.165) is 38.5 Å². The highest BCUT2D eigenvalue weighted by Gasteiger charge is 2.68. The molecule has 4 saturated carbocycles. The molecule has 29 heavy (non-hydrogen) atoms. The van der Waals surface area contributed by atoms with Crippen molar-refractivity contribution >= 4 is 0 Å². The van der Waals surface area contributed by atoms with Crippen molar-refractivity contribution in [2.45, 2.75) is 83.1 Å². The zero-order chi connectivity index (χ0) is 21.2. The molecule has 8 atom stereocenters. The Balaban J connectivity index is 1.65. The summed E-state index contributed by atoms with van der Waals surface area (Å²) in [6, 6.07) is 2.22. The Morgan fingerprint density at radius 2 is 1.86 bits per heavy atom. The molecule has 6 heteroatoms. The Morgan fingerprint density at radius 1 is 1.14 bits per heavy atom. The number of hydrogen-bond acceptors (Lipinski definition) is 3. The van der Waals surface area contributed by atoms with Gasteiger partial charge in [0.1, 0.15) is 0 Å². The molecule has 4 aliphatic carbocycles. The Labute approximate surface area is 171 Å². The lowest BCUT2D eigenvalue weighted by molar-refractivity contribution is -0.325. The molecule has 0 aliphatic heterocycles. The third-order valence-corrected chi connectivity index (χ3v) is 9.64. The molecular weight excluding hydrogens is 379 g/mol. The maximum absolute atomic E-state index is 13.8. The summed E-state index contributed by atoms with van der Waals surface area (Å²) in [7, 11) is 1.29. The molecule has 0 heterocycles. The minimum atomic E-state index is -4.68. The van der Waals surface area contributed by atoms with E-state index in [2.05, 4.69) is 19.9 Å². The van der Waals surface area contributed by atoms with Gasteiger partial charge in [-0.05, 0) is 85.9 Å². The number of aliphatic hydroxyl groups is 1. The molecule has 0 aromatic rings. The second-order valence-corrected chi connectivity index (χ2v) is 10.5. The van der Waals surface area contributed by atoms with Gasteiger partial charge in [-0.1, -0.05) is 19.4 Å². The second-order valence-electron chi connectivity index (χ2n) is 10.5. The van der Waals surface area contributed by atoms with Crippen LogP contribution in [-0.2, 0) is 4.74 Å². The average Bonchev–Trinajstić information content (AvgIpc) is 2.98. The number of nitriles is 1. The van der Waals surface area contributed by atoms with Crippen LogP contribution in [0.1, 0.15) is 65.2 Å². The number of methoxy groups -OCH3 is 1. The predicted molar refractivity (Wildman–Crippen MR) is 103 cm³/mol. The highest BCUT2D eigenvalue weighted by Crippen LogP contribution is 2.68. The molecule has 0 spiro atoms. The van der Waals surface area contributed by atoms with E-state index in [-0.39, 0.29) is 29.6 Å². The fraction of sp³-hybridized carbons (Fsp3) is 0.870. The Kier molecular flexibility index (Phi) is 4.91. The van der Waals surface area contributed by atoms with E-state index in [1.54, 1.807) is 6.08 Å². The molecule has 0 aromatic heterocycles. The highest BCUT2D eigenvalue weighted by molar-refractivity contribution is 5.28. The van der Waals surface area contributed by atoms with Crippen molar-refractivity contribution in [1.82, 2.24) is 0 Å².